The summed E-state index contributed by atoms with van der Waals surface area (Å²) in [6, 6.07) is 19.4. The Balaban J connectivity index is 2.52. The van der Waals surface area contributed by atoms with Crippen LogP contribution in [0.25, 0.3) is 0 Å². The molecule has 0 amide bonds. The third-order valence-corrected chi connectivity index (χ3v) is 7.65. The van der Waals surface area contributed by atoms with Gasteiger partial charge in [0, 0.05) is 12.2 Å². The lowest BCUT2D eigenvalue weighted by molar-refractivity contribution is 1.63. The number of rotatable bonds is 4. The van der Waals surface area contributed by atoms with Gasteiger partial charge in [-0.3, -0.25) is 0 Å². The van der Waals surface area contributed by atoms with Crippen LogP contribution in [0.15, 0.2) is 72.8 Å². The highest BCUT2D eigenvalue weighted by atomic mass is 32.4. The minimum absolute atomic E-state index is 0.951. The predicted octanol–water partition coefficient (Wildman–Crippen LogP) is 3.69. The Kier molecular flexibility index (Phi) is 4.52. The molecule has 0 heterocycles. The fourth-order valence-electron chi connectivity index (χ4n) is 1.95. The van der Waals surface area contributed by atoms with E-state index in [4.69, 9.17) is 11.8 Å². The van der Waals surface area contributed by atoms with E-state index < -0.39 is 6.04 Å². The molecule has 2 rings (SSSR count). The van der Waals surface area contributed by atoms with Crippen LogP contribution in [0, 0.1) is 0 Å². The average molecular weight is 272 g/mol. The van der Waals surface area contributed by atoms with Gasteiger partial charge in [0.2, 0.25) is 0 Å². The molecule has 0 fully saturated rings. The molecule has 2 heteroatoms. The van der Waals surface area contributed by atoms with Crippen molar-refractivity contribution in [2.75, 3.05) is 6.16 Å². The highest BCUT2D eigenvalue weighted by molar-refractivity contribution is 8.22. The van der Waals surface area contributed by atoms with E-state index in [2.05, 4.69) is 67.6 Å². The molecule has 0 saturated carbocycles. The number of allylic oxidation sites excluding steroid dienone is 2. The molecule has 0 N–H and O–H groups in total. The maximum Gasteiger partial charge on any atom is 0.0141 e. The fourth-order valence-corrected chi connectivity index (χ4v) is 5.47. The summed E-state index contributed by atoms with van der Waals surface area (Å²) in [5.74, 6) is 0. The first kappa shape index (κ1) is 13.3. The third kappa shape index (κ3) is 2.80. The normalized spacial score (nSPS) is 11.8. The molecule has 0 unspecified atom stereocenters. The molecule has 0 saturated heterocycles. The van der Waals surface area contributed by atoms with Gasteiger partial charge in [-0.25, -0.2) is 0 Å². The van der Waals surface area contributed by atoms with E-state index in [1.165, 1.54) is 10.6 Å². The quantitative estimate of drug-likeness (QED) is 0.604. The average Bonchev–Trinajstić information content (AvgIpc) is 2.46. The minimum Gasteiger partial charge on any atom is -0.0913 e. The van der Waals surface area contributed by atoms with Crippen molar-refractivity contribution in [3.05, 3.63) is 72.8 Å². The topological polar surface area (TPSA) is 0 Å². The first-order chi connectivity index (χ1) is 8.77. The Morgan fingerprint density at radius 2 is 1.33 bits per heavy atom. The fraction of sp³-hybridized carbons (Fsp3) is 0.125. The van der Waals surface area contributed by atoms with Gasteiger partial charge in [0.1, 0.15) is 0 Å². The lowest BCUT2D eigenvalue weighted by atomic mass is 10.4. The van der Waals surface area contributed by atoms with Gasteiger partial charge in [0.05, 0.1) is 0 Å². The Labute approximate surface area is 114 Å². The van der Waals surface area contributed by atoms with Gasteiger partial charge in [0.25, 0.3) is 0 Å². The number of hydrogen-bond acceptors (Lipinski definition) is 1. The summed E-state index contributed by atoms with van der Waals surface area (Å²) in [7, 11) is 0. The first-order valence-electron chi connectivity index (χ1n) is 6.09. The molecular weight excluding hydrogens is 255 g/mol. The van der Waals surface area contributed by atoms with Crippen molar-refractivity contribution >= 4 is 28.5 Å². The van der Waals surface area contributed by atoms with Gasteiger partial charge in [-0.2, -0.15) is 0 Å². The van der Waals surface area contributed by atoms with Crippen LogP contribution in [-0.2, 0) is 11.8 Å². The molecule has 0 nitrogen and oxygen atoms in total. The van der Waals surface area contributed by atoms with Crippen LogP contribution in [0.5, 0.6) is 0 Å². The van der Waals surface area contributed by atoms with Crippen molar-refractivity contribution in [2.24, 2.45) is 0 Å². The molecule has 0 spiro atoms. The summed E-state index contributed by atoms with van der Waals surface area (Å²) >= 11 is 6.06. The van der Waals surface area contributed by atoms with Crippen LogP contribution in [0.1, 0.15) is 6.92 Å². The van der Waals surface area contributed by atoms with Crippen molar-refractivity contribution in [3.8, 4) is 0 Å². The largest absolute Gasteiger partial charge is 0.0913 e. The van der Waals surface area contributed by atoms with Gasteiger partial charge < -0.3 is 0 Å². The molecule has 0 atom stereocenters. The summed E-state index contributed by atoms with van der Waals surface area (Å²) in [6.07, 6.45) is 5.24. The van der Waals surface area contributed by atoms with Crippen LogP contribution >= 0.6 is 6.04 Å². The van der Waals surface area contributed by atoms with E-state index in [1.54, 1.807) is 0 Å². The highest BCUT2D eigenvalue weighted by Crippen LogP contribution is 2.43. The second kappa shape index (κ2) is 6.13. The lowest BCUT2D eigenvalue weighted by Gasteiger charge is -2.21. The zero-order valence-electron chi connectivity index (χ0n) is 10.5. The van der Waals surface area contributed by atoms with Crippen molar-refractivity contribution in [1.82, 2.24) is 0 Å². The molecule has 0 aliphatic rings. The number of benzene rings is 2. The van der Waals surface area contributed by atoms with Crippen LogP contribution in [-0.4, -0.2) is 6.16 Å². The predicted molar refractivity (Wildman–Crippen MR) is 86.1 cm³/mol. The second-order valence-electron chi connectivity index (χ2n) is 4.16. The van der Waals surface area contributed by atoms with Crippen LogP contribution in [0.4, 0.5) is 0 Å². The second-order valence-corrected chi connectivity index (χ2v) is 8.91. The van der Waals surface area contributed by atoms with E-state index in [-0.39, 0.29) is 0 Å². The van der Waals surface area contributed by atoms with E-state index in [1.807, 2.05) is 12.1 Å². The van der Waals surface area contributed by atoms with Gasteiger partial charge in [-0.15, -0.1) is 0 Å². The van der Waals surface area contributed by atoms with E-state index in [0.717, 1.165) is 6.16 Å². The maximum absolute atomic E-state index is 6.06. The van der Waals surface area contributed by atoms with E-state index >= 15 is 0 Å². The summed E-state index contributed by atoms with van der Waals surface area (Å²) < 4.78 is 0. The zero-order valence-corrected chi connectivity index (χ0v) is 12.2. The van der Waals surface area contributed by atoms with Crippen molar-refractivity contribution in [2.45, 2.75) is 6.92 Å². The Morgan fingerprint density at radius 3 is 1.72 bits per heavy atom. The lowest BCUT2D eigenvalue weighted by Crippen LogP contribution is -2.17. The molecule has 18 heavy (non-hydrogen) atoms. The summed E-state index contributed by atoms with van der Waals surface area (Å²) in [5.41, 5.74) is 0. The highest BCUT2D eigenvalue weighted by Gasteiger charge is 2.19. The summed E-state index contributed by atoms with van der Waals surface area (Å²) in [5, 5.41) is 2.59. The Morgan fingerprint density at radius 1 is 0.889 bits per heavy atom. The summed E-state index contributed by atoms with van der Waals surface area (Å²) in [6.45, 7) is 2.05. The molecule has 92 valence electrons. The van der Waals surface area contributed by atoms with E-state index in [9.17, 15) is 0 Å². The minimum atomic E-state index is -1.69. The van der Waals surface area contributed by atoms with Crippen molar-refractivity contribution in [3.63, 3.8) is 0 Å². The first-order valence-corrected chi connectivity index (χ1v) is 9.07. The van der Waals surface area contributed by atoms with Gasteiger partial charge in [-0.1, -0.05) is 84.6 Å². The van der Waals surface area contributed by atoms with Gasteiger partial charge >= 0.3 is 0 Å². The van der Waals surface area contributed by atoms with Crippen molar-refractivity contribution in [1.29, 1.82) is 0 Å². The van der Waals surface area contributed by atoms with E-state index in [0.29, 0.717) is 0 Å². The molecular formula is C16H17PS. The molecule has 2 aromatic carbocycles. The molecule has 0 aromatic heterocycles. The monoisotopic (exact) mass is 272 g/mol. The smallest absolute Gasteiger partial charge is 0.0141 e. The molecule has 0 radical (unpaired) electrons. The maximum atomic E-state index is 6.06. The van der Waals surface area contributed by atoms with Crippen LogP contribution in [0.2, 0.25) is 0 Å². The Bertz CT molecular complexity index is 515. The van der Waals surface area contributed by atoms with Gasteiger partial charge in [-0.05, 0) is 17.5 Å². The zero-order chi connectivity index (χ0) is 12.8. The van der Waals surface area contributed by atoms with Gasteiger partial charge in [0.15, 0.2) is 0 Å². The molecule has 0 bridgehead atoms. The SMILES string of the molecule is C/C=C/CP(=S)(c1ccccc1)c1ccccc1. The summed E-state index contributed by atoms with van der Waals surface area (Å²) in [4.78, 5) is 0. The van der Waals surface area contributed by atoms with Crippen LogP contribution < -0.4 is 10.6 Å². The Hall–Kier alpha value is -1.17. The van der Waals surface area contributed by atoms with Crippen LogP contribution in [0.3, 0.4) is 0 Å². The standard InChI is InChI=1S/C16H17PS/c1-2-3-14-17(18,15-10-6-4-7-11-15)16-12-8-5-9-13-16/h2-13H,14H2,1H3/b3-2+. The molecule has 2 aromatic rings. The number of hydrogen-bond donors (Lipinski definition) is 0. The molecule has 0 aliphatic carbocycles. The van der Waals surface area contributed by atoms with Crippen molar-refractivity contribution < 1.29 is 0 Å². The third-order valence-electron chi connectivity index (χ3n) is 2.94. The molecule has 0 aliphatic heterocycles.